The molecular formula is C11H12FNO4. The normalized spacial score (nSPS) is 10.4. The molecule has 6 heteroatoms. The lowest BCUT2D eigenvalue weighted by molar-refractivity contribution is -0.117. The van der Waals surface area contributed by atoms with Crippen LogP contribution < -0.4 is 5.32 Å². The van der Waals surface area contributed by atoms with E-state index in [-0.39, 0.29) is 11.6 Å². The fourth-order valence-electron chi connectivity index (χ4n) is 1.17. The highest BCUT2D eigenvalue weighted by molar-refractivity contribution is 6.42. The Hall–Kier alpha value is -2.11. The van der Waals surface area contributed by atoms with Crippen LogP contribution in [0, 0.1) is 5.82 Å². The Kier molecular flexibility index (Phi) is 3.67. The lowest BCUT2D eigenvalue weighted by Gasteiger charge is -2.08. The molecule has 0 atom stereocenters. The molecule has 17 heavy (non-hydrogen) atoms. The van der Waals surface area contributed by atoms with Crippen molar-refractivity contribution in [1.82, 2.24) is 5.32 Å². The number of ketones is 1. The minimum Gasteiger partial charge on any atom is -0.504 e. The van der Waals surface area contributed by atoms with E-state index in [0.717, 1.165) is 6.07 Å². The second kappa shape index (κ2) is 4.82. The van der Waals surface area contributed by atoms with Crippen molar-refractivity contribution in [2.45, 2.75) is 19.9 Å². The first kappa shape index (κ1) is 13.0. The van der Waals surface area contributed by atoms with Gasteiger partial charge in [-0.05, 0) is 26.0 Å². The molecule has 0 spiro atoms. The zero-order chi connectivity index (χ0) is 13.2. The van der Waals surface area contributed by atoms with Gasteiger partial charge in [-0.25, -0.2) is 4.39 Å². The van der Waals surface area contributed by atoms with E-state index in [1.807, 2.05) is 0 Å². The van der Waals surface area contributed by atoms with Crippen LogP contribution in [0.5, 0.6) is 11.5 Å². The van der Waals surface area contributed by atoms with Gasteiger partial charge in [-0.2, -0.15) is 0 Å². The molecule has 0 unspecified atom stereocenters. The molecule has 0 saturated heterocycles. The van der Waals surface area contributed by atoms with Gasteiger partial charge in [0.15, 0.2) is 17.3 Å². The highest BCUT2D eigenvalue weighted by Crippen LogP contribution is 2.29. The van der Waals surface area contributed by atoms with E-state index in [0.29, 0.717) is 6.07 Å². The van der Waals surface area contributed by atoms with Gasteiger partial charge < -0.3 is 15.5 Å². The minimum atomic E-state index is -1.16. The summed E-state index contributed by atoms with van der Waals surface area (Å²) >= 11 is 0. The molecule has 3 N–H and O–H groups in total. The maximum Gasteiger partial charge on any atom is 0.292 e. The highest BCUT2D eigenvalue weighted by atomic mass is 19.1. The molecule has 1 aromatic carbocycles. The van der Waals surface area contributed by atoms with E-state index >= 15 is 0 Å². The maximum atomic E-state index is 13.0. The summed E-state index contributed by atoms with van der Waals surface area (Å²) in [4.78, 5) is 22.9. The number of Topliss-reactive ketones (excluding diaryl/α,β-unsaturated/α-hetero) is 1. The number of nitrogens with one attached hydrogen (secondary N) is 1. The first-order valence-electron chi connectivity index (χ1n) is 4.89. The molecule has 0 aliphatic heterocycles. The van der Waals surface area contributed by atoms with Crippen molar-refractivity contribution in [3.05, 3.63) is 23.5 Å². The summed E-state index contributed by atoms with van der Waals surface area (Å²) in [6.07, 6.45) is 0. The van der Waals surface area contributed by atoms with Gasteiger partial charge in [0.05, 0.1) is 0 Å². The topological polar surface area (TPSA) is 86.6 Å². The van der Waals surface area contributed by atoms with Crippen molar-refractivity contribution in [1.29, 1.82) is 0 Å². The van der Waals surface area contributed by atoms with Crippen LogP contribution in [-0.2, 0) is 4.79 Å². The Labute approximate surface area is 96.9 Å². The van der Waals surface area contributed by atoms with Crippen LogP contribution in [0.1, 0.15) is 24.2 Å². The number of halogens is 1. The number of phenolic OH excluding ortho intramolecular Hbond substituents is 2. The van der Waals surface area contributed by atoms with Crippen LogP contribution in [-0.4, -0.2) is 27.9 Å². The lowest BCUT2D eigenvalue weighted by atomic mass is 10.1. The Morgan fingerprint density at radius 2 is 1.88 bits per heavy atom. The summed E-state index contributed by atoms with van der Waals surface area (Å²) < 4.78 is 13.0. The third-order valence-electron chi connectivity index (χ3n) is 1.93. The fraction of sp³-hybridized carbons (Fsp3) is 0.273. The van der Waals surface area contributed by atoms with Gasteiger partial charge in [0.2, 0.25) is 5.78 Å². The van der Waals surface area contributed by atoms with Gasteiger partial charge in [0.1, 0.15) is 0 Å². The third kappa shape index (κ3) is 2.93. The van der Waals surface area contributed by atoms with Crippen molar-refractivity contribution in [2.24, 2.45) is 0 Å². The third-order valence-corrected chi connectivity index (χ3v) is 1.93. The number of carbonyl (C=O) groups excluding carboxylic acids is 2. The van der Waals surface area contributed by atoms with Gasteiger partial charge in [-0.15, -0.1) is 0 Å². The van der Waals surface area contributed by atoms with Crippen LogP contribution in [0.3, 0.4) is 0 Å². The summed E-state index contributed by atoms with van der Waals surface area (Å²) in [5, 5.41) is 20.4. The number of hydrogen-bond acceptors (Lipinski definition) is 4. The van der Waals surface area contributed by atoms with Crippen molar-refractivity contribution < 1.29 is 24.2 Å². The van der Waals surface area contributed by atoms with E-state index in [1.54, 1.807) is 13.8 Å². The number of hydrogen-bond donors (Lipinski definition) is 3. The molecule has 1 aromatic rings. The Morgan fingerprint density at radius 3 is 2.35 bits per heavy atom. The lowest BCUT2D eigenvalue weighted by Crippen LogP contribution is -2.35. The molecule has 0 fully saturated rings. The Balaban J connectivity index is 3.01. The number of carbonyl (C=O) groups is 2. The number of phenols is 2. The summed E-state index contributed by atoms with van der Waals surface area (Å²) in [6, 6.07) is 1.29. The second-order valence-electron chi connectivity index (χ2n) is 3.78. The molecule has 0 aliphatic rings. The van der Waals surface area contributed by atoms with E-state index < -0.39 is 29.0 Å². The smallest absolute Gasteiger partial charge is 0.292 e. The van der Waals surface area contributed by atoms with Gasteiger partial charge in [-0.3, -0.25) is 9.59 Å². The highest BCUT2D eigenvalue weighted by Gasteiger charge is 2.20. The first-order valence-corrected chi connectivity index (χ1v) is 4.89. The number of amides is 1. The molecule has 92 valence electrons. The molecule has 5 nitrogen and oxygen atoms in total. The molecule has 1 rings (SSSR count). The van der Waals surface area contributed by atoms with Crippen LogP contribution in [0.15, 0.2) is 12.1 Å². The molecule has 0 bridgehead atoms. The molecule has 0 saturated carbocycles. The van der Waals surface area contributed by atoms with Gasteiger partial charge in [0.25, 0.3) is 5.91 Å². The first-order chi connectivity index (χ1) is 7.82. The number of aromatic hydroxyl groups is 2. The van der Waals surface area contributed by atoms with E-state index in [2.05, 4.69) is 5.32 Å². The van der Waals surface area contributed by atoms with Gasteiger partial charge >= 0.3 is 0 Å². The number of rotatable bonds is 3. The average molecular weight is 241 g/mol. The summed E-state index contributed by atoms with van der Waals surface area (Å²) in [7, 11) is 0. The summed E-state index contributed by atoms with van der Waals surface area (Å²) in [6.45, 7) is 3.33. The summed E-state index contributed by atoms with van der Waals surface area (Å²) in [5.74, 6) is -4.78. The Morgan fingerprint density at radius 1 is 1.29 bits per heavy atom. The van der Waals surface area contributed by atoms with Crippen molar-refractivity contribution >= 4 is 11.7 Å². The van der Waals surface area contributed by atoms with Crippen molar-refractivity contribution in [2.75, 3.05) is 0 Å². The molecular weight excluding hydrogens is 229 g/mol. The number of benzene rings is 1. The zero-order valence-corrected chi connectivity index (χ0v) is 9.32. The van der Waals surface area contributed by atoms with Crippen LogP contribution in [0.25, 0.3) is 0 Å². The van der Waals surface area contributed by atoms with Crippen molar-refractivity contribution in [3.63, 3.8) is 0 Å². The predicted octanol–water partition coefficient (Wildman–Crippen LogP) is 0.944. The van der Waals surface area contributed by atoms with E-state index in [1.165, 1.54) is 0 Å². The molecule has 0 heterocycles. The largest absolute Gasteiger partial charge is 0.504 e. The molecule has 0 aliphatic carbocycles. The maximum absolute atomic E-state index is 13.0. The zero-order valence-electron chi connectivity index (χ0n) is 9.32. The van der Waals surface area contributed by atoms with Crippen LogP contribution >= 0.6 is 0 Å². The van der Waals surface area contributed by atoms with E-state index in [9.17, 15) is 14.0 Å². The quantitative estimate of drug-likeness (QED) is 0.417. The minimum absolute atomic E-state index is 0.234. The monoisotopic (exact) mass is 241 g/mol. The Bertz CT molecular complexity index is 448. The molecule has 0 radical (unpaired) electrons. The molecule has 0 aromatic heterocycles. The average Bonchev–Trinajstić information content (AvgIpc) is 2.23. The molecule has 1 amide bonds. The predicted molar refractivity (Wildman–Crippen MR) is 57.3 cm³/mol. The van der Waals surface area contributed by atoms with Crippen molar-refractivity contribution in [3.8, 4) is 11.5 Å². The van der Waals surface area contributed by atoms with E-state index in [4.69, 9.17) is 10.2 Å². The van der Waals surface area contributed by atoms with Crippen LogP contribution in [0.4, 0.5) is 4.39 Å². The second-order valence-corrected chi connectivity index (χ2v) is 3.78. The fourth-order valence-corrected chi connectivity index (χ4v) is 1.17. The standard InChI is InChI=1S/C11H12FNO4/c1-5(2)13-11(17)9(15)6-3-7(12)10(16)8(14)4-6/h3-5,14,16H,1-2H3,(H,13,17). The van der Waals surface area contributed by atoms with Crippen LogP contribution in [0.2, 0.25) is 0 Å². The summed E-state index contributed by atoms with van der Waals surface area (Å²) in [5.41, 5.74) is -0.323. The van der Waals surface area contributed by atoms with Gasteiger partial charge in [0, 0.05) is 11.6 Å². The van der Waals surface area contributed by atoms with Gasteiger partial charge in [-0.1, -0.05) is 0 Å². The SMILES string of the molecule is CC(C)NC(=O)C(=O)c1cc(O)c(O)c(F)c1.